The minimum Gasteiger partial charge on any atom is -0.394 e. The van der Waals surface area contributed by atoms with Gasteiger partial charge in [0.2, 0.25) is 0 Å². The molecule has 1 aliphatic heterocycles. The highest BCUT2D eigenvalue weighted by atomic mass is 16.3. The molecule has 4 unspecified atom stereocenters. The zero-order chi connectivity index (χ0) is 13.9. The van der Waals surface area contributed by atoms with Crippen LogP contribution in [-0.2, 0) is 0 Å². The highest BCUT2D eigenvalue weighted by molar-refractivity contribution is 4.99. The minimum absolute atomic E-state index is 0.0156. The second kappa shape index (κ2) is 6.55. The quantitative estimate of drug-likeness (QED) is 0.804. The van der Waals surface area contributed by atoms with Crippen molar-refractivity contribution in [3.05, 3.63) is 0 Å². The molecule has 2 fully saturated rings. The van der Waals surface area contributed by atoms with E-state index in [2.05, 4.69) is 31.0 Å². The van der Waals surface area contributed by atoms with Crippen LogP contribution in [0.2, 0.25) is 0 Å². The first-order valence-corrected chi connectivity index (χ1v) is 8.29. The van der Waals surface area contributed by atoms with Crippen molar-refractivity contribution in [3.63, 3.8) is 0 Å². The lowest BCUT2D eigenvalue weighted by atomic mass is 9.78. The maximum atomic E-state index is 9.84. The number of likely N-dealkylation sites (N-methyl/N-ethyl adjacent to an activating group) is 1. The highest BCUT2D eigenvalue weighted by Gasteiger charge is 2.42. The van der Waals surface area contributed by atoms with Gasteiger partial charge in [-0.25, -0.2) is 0 Å². The standard InChI is InChI=1S/C16H32N2O/c1-4-14-9-8-13(3)18(14)15-7-6-10-16(11-15,12-19)17-5-2/h13-15,17,19H,4-12H2,1-3H3. The third-order valence-corrected chi connectivity index (χ3v) is 5.41. The number of hydrogen-bond acceptors (Lipinski definition) is 3. The second-order valence-corrected chi connectivity index (χ2v) is 6.65. The summed E-state index contributed by atoms with van der Waals surface area (Å²) in [6.07, 6.45) is 8.80. The molecule has 2 aliphatic rings. The van der Waals surface area contributed by atoms with E-state index in [0.29, 0.717) is 6.04 Å². The summed E-state index contributed by atoms with van der Waals surface area (Å²) >= 11 is 0. The molecular weight excluding hydrogens is 236 g/mol. The van der Waals surface area contributed by atoms with E-state index in [4.69, 9.17) is 0 Å². The minimum atomic E-state index is -0.0156. The van der Waals surface area contributed by atoms with Crippen LogP contribution >= 0.6 is 0 Å². The Hall–Kier alpha value is -0.120. The number of aliphatic hydroxyl groups is 1. The number of rotatable bonds is 5. The first-order valence-electron chi connectivity index (χ1n) is 8.29. The summed E-state index contributed by atoms with van der Waals surface area (Å²) in [7, 11) is 0. The van der Waals surface area contributed by atoms with Gasteiger partial charge in [0.05, 0.1) is 6.61 Å². The first kappa shape index (κ1) is 15.3. The van der Waals surface area contributed by atoms with Crippen LogP contribution in [0.25, 0.3) is 0 Å². The summed E-state index contributed by atoms with van der Waals surface area (Å²) in [6, 6.07) is 2.17. The molecule has 3 heteroatoms. The van der Waals surface area contributed by atoms with E-state index in [1.807, 2.05) is 0 Å². The van der Waals surface area contributed by atoms with Crippen LogP contribution in [0.1, 0.15) is 65.7 Å². The molecule has 2 rings (SSSR count). The van der Waals surface area contributed by atoms with Crippen LogP contribution in [-0.4, -0.2) is 46.8 Å². The Morgan fingerprint density at radius 2 is 2.05 bits per heavy atom. The van der Waals surface area contributed by atoms with Gasteiger partial charge in [0, 0.05) is 23.7 Å². The van der Waals surface area contributed by atoms with Gasteiger partial charge in [-0.05, 0) is 58.4 Å². The largest absolute Gasteiger partial charge is 0.394 e. The van der Waals surface area contributed by atoms with Gasteiger partial charge in [-0.15, -0.1) is 0 Å². The molecule has 1 saturated heterocycles. The van der Waals surface area contributed by atoms with Gasteiger partial charge in [0.15, 0.2) is 0 Å². The fourth-order valence-electron chi connectivity index (χ4n) is 4.49. The Balaban J connectivity index is 2.07. The Kier molecular flexibility index (Phi) is 5.27. The zero-order valence-electron chi connectivity index (χ0n) is 13.0. The Bertz CT molecular complexity index is 280. The smallest absolute Gasteiger partial charge is 0.0613 e. The topological polar surface area (TPSA) is 35.5 Å². The molecule has 2 N–H and O–H groups in total. The summed E-state index contributed by atoms with van der Waals surface area (Å²) < 4.78 is 0. The molecule has 0 aromatic rings. The summed E-state index contributed by atoms with van der Waals surface area (Å²) in [5, 5.41) is 13.4. The lowest BCUT2D eigenvalue weighted by Gasteiger charge is -2.46. The molecule has 1 saturated carbocycles. The molecule has 0 bridgehead atoms. The van der Waals surface area contributed by atoms with Crippen molar-refractivity contribution in [3.8, 4) is 0 Å². The van der Waals surface area contributed by atoms with E-state index >= 15 is 0 Å². The van der Waals surface area contributed by atoms with Crippen molar-refractivity contribution < 1.29 is 5.11 Å². The van der Waals surface area contributed by atoms with Gasteiger partial charge in [0.25, 0.3) is 0 Å². The fraction of sp³-hybridized carbons (Fsp3) is 1.00. The van der Waals surface area contributed by atoms with E-state index in [1.54, 1.807) is 0 Å². The predicted molar refractivity (Wildman–Crippen MR) is 80.4 cm³/mol. The monoisotopic (exact) mass is 268 g/mol. The SMILES string of the molecule is CCNC1(CO)CCCC(N2C(C)CCC2CC)C1. The average molecular weight is 268 g/mol. The van der Waals surface area contributed by atoms with E-state index < -0.39 is 0 Å². The van der Waals surface area contributed by atoms with Crippen molar-refractivity contribution in [2.45, 2.75) is 89.4 Å². The van der Waals surface area contributed by atoms with E-state index in [1.165, 1.54) is 32.1 Å². The van der Waals surface area contributed by atoms with Crippen LogP contribution in [0.5, 0.6) is 0 Å². The lowest BCUT2D eigenvalue weighted by Crippen LogP contribution is -2.57. The number of nitrogens with one attached hydrogen (secondary N) is 1. The zero-order valence-corrected chi connectivity index (χ0v) is 13.0. The summed E-state index contributed by atoms with van der Waals surface area (Å²) in [5.41, 5.74) is -0.0156. The van der Waals surface area contributed by atoms with Crippen molar-refractivity contribution >= 4 is 0 Å². The van der Waals surface area contributed by atoms with Gasteiger partial charge in [0.1, 0.15) is 0 Å². The van der Waals surface area contributed by atoms with Gasteiger partial charge < -0.3 is 10.4 Å². The maximum Gasteiger partial charge on any atom is 0.0613 e. The summed E-state index contributed by atoms with van der Waals surface area (Å²) in [5.74, 6) is 0. The van der Waals surface area contributed by atoms with Gasteiger partial charge in [-0.2, -0.15) is 0 Å². The highest BCUT2D eigenvalue weighted by Crippen LogP contribution is 2.37. The average Bonchev–Trinajstić information content (AvgIpc) is 2.80. The van der Waals surface area contributed by atoms with Crippen molar-refractivity contribution in [2.24, 2.45) is 0 Å². The molecule has 1 heterocycles. The normalized spacial score (nSPS) is 40.7. The maximum absolute atomic E-state index is 9.84. The molecule has 112 valence electrons. The Morgan fingerprint density at radius 1 is 1.26 bits per heavy atom. The molecular formula is C16H32N2O. The second-order valence-electron chi connectivity index (χ2n) is 6.65. The van der Waals surface area contributed by atoms with Crippen molar-refractivity contribution in [2.75, 3.05) is 13.2 Å². The fourth-order valence-corrected chi connectivity index (χ4v) is 4.49. The number of aliphatic hydroxyl groups excluding tert-OH is 1. The molecule has 1 aliphatic carbocycles. The van der Waals surface area contributed by atoms with Crippen LogP contribution in [0.3, 0.4) is 0 Å². The van der Waals surface area contributed by atoms with Crippen molar-refractivity contribution in [1.82, 2.24) is 10.2 Å². The molecule has 4 atom stereocenters. The predicted octanol–water partition coefficient (Wildman–Crippen LogP) is 2.53. The molecule has 0 aromatic carbocycles. The van der Waals surface area contributed by atoms with E-state index in [9.17, 15) is 5.11 Å². The van der Waals surface area contributed by atoms with Crippen LogP contribution in [0.15, 0.2) is 0 Å². The van der Waals surface area contributed by atoms with Gasteiger partial charge in [-0.1, -0.05) is 13.8 Å². The van der Waals surface area contributed by atoms with Gasteiger partial charge >= 0.3 is 0 Å². The number of hydrogen-bond donors (Lipinski definition) is 2. The Morgan fingerprint density at radius 3 is 2.68 bits per heavy atom. The van der Waals surface area contributed by atoms with E-state index in [0.717, 1.165) is 31.5 Å². The molecule has 3 nitrogen and oxygen atoms in total. The van der Waals surface area contributed by atoms with Gasteiger partial charge in [-0.3, -0.25) is 4.90 Å². The molecule has 19 heavy (non-hydrogen) atoms. The Labute approximate surface area is 118 Å². The third-order valence-electron chi connectivity index (χ3n) is 5.41. The molecule has 0 amide bonds. The third kappa shape index (κ3) is 3.14. The molecule has 0 aromatic heterocycles. The van der Waals surface area contributed by atoms with Crippen molar-refractivity contribution in [1.29, 1.82) is 0 Å². The van der Waals surface area contributed by atoms with Crippen LogP contribution < -0.4 is 5.32 Å². The number of likely N-dealkylation sites (tertiary alicyclic amines) is 1. The summed E-state index contributed by atoms with van der Waals surface area (Å²) in [6.45, 7) is 8.10. The summed E-state index contributed by atoms with van der Waals surface area (Å²) in [4.78, 5) is 2.78. The number of nitrogens with zero attached hydrogens (tertiary/aromatic N) is 1. The first-order chi connectivity index (χ1) is 9.15. The molecule has 0 radical (unpaired) electrons. The molecule has 0 spiro atoms. The van der Waals surface area contributed by atoms with Crippen LogP contribution in [0.4, 0.5) is 0 Å². The van der Waals surface area contributed by atoms with Crippen LogP contribution in [0, 0.1) is 0 Å². The van der Waals surface area contributed by atoms with E-state index in [-0.39, 0.29) is 12.1 Å². The lowest BCUT2D eigenvalue weighted by molar-refractivity contribution is 0.0381.